The van der Waals surface area contributed by atoms with Crippen molar-refractivity contribution < 1.29 is 19.4 Å². The molecule has 1 rings (SSSR count). The molecule has 1 aromatic carbocycles. The second-order valence-electron chi connectivity index (χ2n) is 3.34. The number of nitrogens with one attached hydrogen (secondary N) is 1. The Balaban J connectivity index is 2.95. The lowest BCUT2D eigenvalue weighted by atomic mass is 10.2. The van der Waals surface area contributed by atoms with Gasteiger partial charge in [-0.1, -0.05) is 0 Å². The van der Waals surface area contributed by atoms with Gasteiger partial charge >= 0.3 is 0 Å². The average Bonchev–Trinajstić information content (AvgIpc) is 2.27. The van der Waals surface area contributed by atoms with Crippen LogP contribution in [0.4, 0.5) is 5.69 Å². The number of methoxy groups -OCH3 is 2. The van der Waals surface area contributed by atoms with Crippen LogP contribution in [0.2, 0.25) is 0 Å². The van der Waals surface area contributed by atoms with Gasteiger partial charge in [-0.25, -0.2) is 0 Å². The summed E-state index contributed by atoms with van der Waals surface area (Å²) in [6.07, 6.45) is 1.08. The monoisotopic (exact) mass is 237 g/mol. The molecule has 1 amide bonds. The number of ether oxygens (including phenoxy) is 2. The average molecular weight is 237 g/mol. The van der Waals surface area contributed by atoms with Crippen LogP contribution in [-0.2, 0) is 4.79 Å². The number of anilines is 1. The lowest BCUT2D eigenvalue weighted by Crippen LogP contribution is -2.09. The first-order valence-corrected chi connectivity index (χ1v) is 4.97. The summed E-state index contributed by atoms with van der Waals surface area (Å²) in [7, 11) is 3.04. The molecule has 0 aliphatic carbocycles. The fraction of sp³-hybridized carbons (Fsp3) is 0.250. The molecule has 0 atom stereocenters. The third-order valence-corrected chi connectivity index (χ3v) is 2.00. The Morgan fingerprint density at radius 2 is 2.06 bits per heavy atom. The summed E-state index contributed by atoms with van der Waals surface area (Å²) < 4.78 is 10.1. The zero-order chi connectivity index (χ0) is 12.8. The third-order valence-electron chi connectivity index (χ3n) is 2.00. The van der Waals surface area contributed by atoms with Gasteiger partial charge in [0.1, 0.15) is 11.5 Å². The highest BCUT2D eigenvalue weighted by molar-refractivity contribution is 6.00. The molecule has 17 heavy (non-hydrogen) atoms. The molecule has 0 aromatic heterocycles. The predicted octanol–water partition coefficient (Wildman–Crippen LogP) is 2.10. The first-order chi connectivity index (χ1) is 8.06. The number of allylic oxidation sites excluding steroid dienone is 1. The van der Waals surface area contributed by atoms with E-state index in [-0.39, 0.29) is 5.76 Å². The van der Waals surface area contributed by atoms with Gasteiger partial charge in [0.2, 0.25) is 0 Å². The van der Waals surface area contributed by atoms with Crippen LogP contribution < -0.4 is 14.8 Å². The van der Waals surface area contributed by atoms with Crippen LogP contribution in [0.1, 0.15) is 6.92 Å². The molecule has 0 aliphatic heterocycles. The van der Waals surface area contributed by atoms with Crippen molar-refractivity contribution in [3.8, 4) is 11.5 Å². The number of rotatable bonds is 4. The van der Waals surface area contributed by atoms with E-state index in [9.17, 15) is 4.79 Å². The van der Waals surface area contributed by atoms with Gasteiger partial charge in [0.15, 0.2) is 0 Å². The molecule has 0 bridgehead atoms. The number of carbonyl (C=O) groups excluding carboxylic acids is 1. The second kappa shape index (κ2) is 5.79. The van der Waals surface area contributed by atoms with Crippen LogP contribution in [0.25, 0.3) is 0 Å². The predicted molar refractivity (Wildman–Crippen MR) is 64.6 cm³/mol. The molecular formula is C12H15NO4. The zero-order valence-electron chi connectivity index (χ0n) is 9.98. The molecule has 5 heteroatoms. The minimum Gasteiger partial charge on any atom is -0.512 e. The molecule has 0 heterocycles. The number of amides is 1. The second-order valence-corrected chi connectivity index (χ2v) is 3.34. The Morgan fingerprint density at radius 1 is 1.35 bits per heavy atom. The van der Waals surface area contributed by atoms with E-state index < -0.39 is 5.91 Å². The Bertz CT molecular complexity index is 436. The number of aliphatic hydroxyl groups excluding tert-OH is 1. The SMILES string of the molecule is COc1ccc(OC)c(NC(=O)/C=C(/C)O)c1. The Labute approximate surface area is 99.7 Å². The molecule has 2 N–H and O–H groups in total. The minimum atomic E-state index is -0.434. The fourth-order valence-corrected chi connectivity index (χ4v) is 1.27. The van der Waals surface area contributed by atoms with Crippen molar-refractivity contribution in [1.82, 2.24) is 0 Å². The summed E-state index contributed by atoms with van der Waals surface area (Å²) in [4.78, 5) is 11.4. The number of benzene rings is 1. The summed E-state index contributed by atoms with van der Waals surface area (Å²) >= 11 is 0. The van der Waals surface area contributed by atoms with Gasteiger partial charge in [0.25, 0.3) is 5.91 Å². The molecule has 5 nitrogen and oxygen atoms in total. The van der Waals surface area contributed by atoms with E-state index in [0.29, 0.717) is 17.2 Å². The van der Waals surface area contributed by atoms with Gasteiger partial charge in [0.05, 0.1) is 25.7 Å². The first-order valence-electron chi connectivity index (χ1n) is 4.97. The fourth-order valence-electron chi connectivity index (χ4n) is 1.27. The lowest BCUT2D eigenvalue weighted by molar-refractivity contribution is -0.112. The van der Waals surface area contributed by atoms with Crippen LogP contribution in [0.3, 0.4) is 0 Å². The highest BCUT2D eigenvalue weighted by Crippen LogP contribution is 2.28. The van der Waals surface area contributed by atoms with Crippen LogP contribution in [0, 0.1) is 0 Å². The largest absolute Gasteiger partial charge is 0.512 e. The highest BCUT2D eigenvalue weighted by Gasteiger charge is 2.07. The zero-order valence-corrected chi connectivity index (χ0v) is 9.98. The molecule has 0 saturated carbocycles. The molecule has 0 aliphatic rings. The molecule has 0 spiro atoms. The summed E-state index contributed by atoms with van der Waals surface area (Å²) in [5.74, 6) is 0.620. The van der Waals surface area contributed by atoms with Gasteiger partial charge in [0, 0.05) is 12.1 Å². The highest BCUT2D eigenvalue weighted by atomic mass is 16.5. The minimum absolute atomic E-state index is 0.0654. The Hall–Kier alpha value is -2.17. The van der Waals surface area contributed by atoms with Crippen LogP contribution in [0.15, 0.2) is 30.0 Å². The van der Waals surface area contributed by atoms with E-state index in [4.69, 9.17) is 14.6 Å². The number of aliphatic hydroxyl groups is 1. The van der Waals surface area contributed by atoms with Gasteiger partial charge < -0.3 is 19.9 Å². The standard InChI is InChI=1S/C12H15NO4/c1-8(14)6-12(15)13-10-7-9(16-2)4-5-11(10)17-3/h4-7,14H,1-3H3,(H,13,15)/b8-6-. The summed E-state index contributed by atoms with van der Waals surface area (Å²) in [6, 6.07) is 5.04. The number of carbonyl (C=O) groups is 1. The van der Waals surface area contributed by atoms with E-state index >= 15 is 0 Å². The van der Waals surface area contributed by atoms with Gasteiger partial charge in [-0.2, -0.15) is 0 Å². The van der Waals surface area contributed by atoms with Crippen molar-refractivity contribution in [2.45, 2.75) is 6.92 Å². The van der Waals surface area contributed by atoms with Crippen molar-refractivity contribution in [3.05, 3.63) is 30.0 Å². The Kier molecular flexibility index (Phi) is 4.39. The summed E-state index contributed by atoms with van der Waals surface area (Å²) in [5.41, 5.74) is 0.481. The molecule has 0 radical (unpaired) electrons. The summed E-state index contributed by atoms with van der Waals surface area (Å²) in [5, 5.41) is 11.6. The van der Waals surface area contributed by atoms with Gasteiger partial charge in [-0.3, -0.25) is 4.79 Å². The van der Waals surface area contributed by atoms with Crippen molar-refractivity contribution in [2.24, 2.45) is 0 Å². The van der Waals surface area contributed by atoms with Gasteiger partial charge in [-0.05, 0) is 19.1 Å². The molecule has 92 valence electrons. The van der Waals surface area contributed by atoms with Gasteiger partial charge in [-0.15, -0.1) is 0 Å². The number of hydrogen-bond acceptors (Lipinski definition) is 4. The van der Waals surface area contributed by atoms with E-state index in [2.05, 4.69) is 5.32 Å². The first kappa shape index (κ1) is 12.9. The molecule has 1 aromatic rings. The van der Waals surface area contributed by atoms with E-state index in [1.807, 2.05) is 0 Å². The molecule has 0 fully saturated rings. The van der Waals surface area contributed by atoms with Crippen molar-refractivity contribution in [2.75, 3.05) is 19.5 Å². The van der Waals surface area contributed by atoms with E-state index in [1.54, 1.807) is 18.2 Å². The molecular weight excluding hydrogens is 222 g/mol. The Morgan fingerprint density at radius 3 is 2.59 bits per heavy atom. The van der Waals surface area contributed by atoms with Crippen molar-refractivity contribution >= 4 is 11.6 Å². The summed E-state index contributed by atoms with van der Waals surface area (Å²) in [6.45, 7) is 1.42. The molecule has 0 unspecified atom stereocenters. The van der Waals surface area contributed by atoms with E-state index in [1.165, 1.54) is 21.1 Å². The van der Waals surface area contributed by atoms with Crippen LogP contribution in [0.5, 0.6) is 11.5 Å². The van der Waals surface area contributed by atoms with Crippen LogP contribution in [-0.4, -0.2) is 25.2 Å². The molecule has 0 saturated heterocycles. The quantitative estimate of drug-likeness (QED) is 0.621. The smallest absolute Gasteiger partial charge is 0.251 e. The maximum atomic E-state index is 11.4. The van der Waals surface area contributed by atoms with Crippen LogP contribution >= 0.6 is 0 Å². The van der Waals surface area contributed by atoms with Crippen molar-refractivity contribution in [3.63, 3.8) is 0 Å². The third kappa shape index (κ3) is 3.71. The maximum absolute atomic E-state index is 11.4. The van der Waals surface area contributed by atoms with E-state index in [0.717, 1.165) is 6.08 Å². The van der Waals surface area contributed by atoms with Crippen molar-refractivity contribution in [1.29, 1.82) is 0 Å². The topological polar surface area (TPSA) is 67.8 Å². The lowest BCUT2D eigenvalue weighted by Gasteiger charge is -2.10. The maximum Gasteiger partial charge on any atom is 0.251 e. The normalized spacial score (nSPS) is 10.9. The number of hydrogen-bond donors (Lipinski definition) is 2.